The van der Waals surface area contributed by atoms with E-state index in [-0.39, 0.29) is 16.7 Å². The third-order valence-corrected chi connectivity index (χ3v) is 2.96. The van der Waals surface area contributed by atoms with Gasteiger partial charge in [-0.1, -0.05) is 12.1 Å². The molecule has 0 saturated carbocycles. The Morgan fingerprint density at radius 1 is 1.23 bits per heavy atom. The molecule has 0 atom stereocenters. The zero-order valence-corrected chi connectivity index (χ0v) is 11.6. The van der Waals surface area contributed by atoms with Crippen LogP contribution in [0, 0.1) is 23.0 Å². The number of carbonyl (C=O) groups excluding carboxylic acids is 1. The summed E-state index contributed by atoms with van der Waals surface area (Å²) < 4.78 is 31.5. The average molecular weight is 299 g/mol. The summed E-state index contributed by atoms with van der Waals surface area (Å²) in [7, 11) is 1.46. The van der Waals surface area contributed by atoms with Gasteiger partial charge in [-0.15, -0.1) is 0 Å². The molecule has 2 aromatic rings. The Hall–Kier alpha value is -3.00. The van der Waals surface area contributed by atoms with E-state index in [1.165, 1.54) is 25.3 Å². The number of nitriles is 1. The van der Waals surface area contributed by atoms with Gasteiger partial charge in [-0.3, -0.25) is 4.79 Å². The first-order valence-corrected chi connectivity index (χ1v) is 6.30. The second kappa shape index (κ2) is 6.64. The first-order valence-electron chi connectivity index (χ1n) is 6.30. The predicted molar refractivity (Wildman–Crippen MR) is 77.3 cm³/mol. The molecule has 0 aromatic heterocycles. The monoisotopic (exact) mass is 299 g/mol. The highest BCUT2D eigenvalue weighted by atomic mass is 19.1. The summed E-state index contributed by atoms with van der Waals surface area (Å²) in [5.74, 6) is -1.67. The minimum atomic E-state index is -0.841. The van der Waals surface area contributed by atoms with Gasteiger partial charge in [0.05, 0.1) is 7.11 Å². The van der Waals surface area contributed by atoms with Crippen LogP contribution in [0.5, 0.6) is 5.75 Å². The van der Waals surface area contributed by atoms with E-state index in [4.69, 9.17) is 10.00 Å². The Labute approximate surface area is 126 Å². The fourth-order valence-corrected chi connectivity index (χ4v) is 1.84. The first kappa shape index (κ1) is 15.4. The molecule has 0 aliphatic heterocycles. The number of methoxy groups -OCH3 is 1. The number of ketones is 1. The molecule has 0 heterocycles. The Morgan fingerprint density at radius 3 is 2.64 bits per heavy atom. The lowest BCUT2D eigenvalue weighted by molar-refractivity contribution is 0.103. The largest absolute Gasteiger partial charge is 0.497 e. The van der Waals surface area contributed by atoms with Gasteiger partial charge in [-0.25, -0.2) is 8.78 Å². The van der Waals surface area contributed by atoms with Gasteiger partial charge in [0.25, 0.3) is 0 Å². The van der Waals surface area contributed by atoms with Crippen LogP contribution in [0.4, 0.5) is 8.78 Å². The molecule has 2 rings (SSSR count). The van der Waals surface area contributed by atoms with Gasteiger partial charge < -0.3 is 4.74 Å². The van der Waals surface area contributed by atoms with E-state index in [0.717, 1.165) is 12.1 Å². The van der Waals surface area contributed by atoms with Crippen molar-refractivity contribution in [2.24, 2.45) is 0 Å². The number of ether oxygens (including phenoxy) is 1. The molecule has 110 valence electrons. The van der Waals surface area contributed by atoms with Gasteiger partial charge in [-0.2, -0.15) is 5.26 Å². The smallest absolute Gasteiger partial charge is 0.203 e. The fourth-order valence-electron chi connectivity index (χ4n) is 1.84. The maximum atomic E-state index is 13.6. The van der Waals surface area contributed by atoms with Gasteiger partial charge in [0.2, 0.25) is 5.78 Å². The maximum absolute atomic E-state index is 13.6. The summed E-state index contributed by atoms with van der Waals surface area (Å²) >= 11 is 0. The highest BCUT2D eigenvalue weighted by molar-refractivity contribution is 6.14. The molecule has 0 fully saturated rings. The molecule has 0 bridgehead atoms. The molecule has 0 N–H and O–H groups in total. The number of carbonyl (C=O) groups is 1. The molecular weight excluding hydrogens is 288 g/mol. The van der Waals surface area contributed by atoms with Crippen molar-refractivity contribution in [1.29, 1.82) is 5.26 Å². The number of hydrogen-bond acceptors (Lipinski definition) is 3. The summed E-state index contributed by atoms with van der Waals surface area (Å²) in [6, 6.07) is 10.9. The molecule has 22 heavy (non-hydrogen) atoms. The van der Waals surface area contributed by atoms with Crippen molar-refractivity contribution >= 4 is 11.9 Å². The maximum Gasteiger partial charge on any atom is 0.203 e. The number of benzene rings is 2. The highest BCUT2D eigenvalue weighted by Crippen LogP contribution is 2.19. The van der Waals surface area contributed by atoms with Crippen molar-refractivity contribution in [2.75, 3.05) is 7.11 Å². The van der Waals surface area contributed by atoms with Crippen LogP contribution in [-0.2, 0) is 0 Å². The van der Waals surface area contributed by atoms with E-state index in [9.17, 15) is 13.6 Å². The molecule has 0 aliphatic carbocycles. The van der Waals surface area contributed by atoms with Gasteiger partial charge >= 0.3 is 0 Å². The van der Waals surface area contributed by atoms with Crippen molar-refractivity contribution in [3.8, 4) is 11.8 Å². The van der Waals surface area contributed by atoms with Gasteiger partial charge in [0.15, 0.2) is 0 Å². The summed E-state index contributed by atoms with van der Waals surface area (Å²) in [5, 5.41) is 9.12. The number of hydrogen-bond donors (Lipinski definition) is 0. The molecule has 0 saturated heterocycles. The molecule has 0 radical (unpaired) electrons. The Kier molecular flexibility index (Phi) is 4.64. The third-order valence-electron chi connectivity index (χ3n) is 2.96. The van der Waals surface area contributed by atoms with E-state index >= 15 is 0 Å². The SMILES string of the molecule is COc1cccc(C(=O)C(C#N)=Cc2ccc(F)cc2F)c1. The number of Topliss-reactive ketones (excluding diaryl/α,β-unsaturated/α-hetero) is 1. The number of allylic oxidation sites excluding steroid dienone is 1. The summed E-state index contributed by atoms with van der Waals surface area (Å²) in [4.78, 5) is 12.3. The molecule has 3 nitrogen and oxygen atoms in total. The molecule has 5 heteroatoms. The van der Waals surface area contributed by atoms with Gasteiger partial charge in [-0.05, 0) is 30.3 Å². The van der Waals surface area contributed by atoms with Crippen molar-refractivity contribution in [3.63, 3.8) is 0 Å². The average Bonchev–Trinajstić information content (AvgIpc) is 2.53. The van der Waals surface area contributed by atoms with Crippen molar-refractivity contribution in [2.45, 2.75) is 0 Å². The summed E-state index contributed by atoms with van der Waals surface area (Å²) in [5.41, 5.74) is -0.0392. The van der Waals surface area contributed by atoms with Crippen molar-refractivity contribution in [3.05, 3.63) is 70.8 Å². The van der Waals surface area contributed by atoms with E-state index in [1.54, 1.807) is 18.2 Å². The number of nitrogens with zero attached hydrogens (tertiary/aromatic N) is 1. The molecule has 0 spiro atoms. The topological polar surface area (TPSA) is 50.1 Å². The van der Waals surface area contributed by atoms with Crippen LogP contribution in [0.15, 0.2) is 48.0 Å². The number of halogens is 2. The van der Waals surface area contributed by atoms with Crippen LogP contribution in [0.2, 0.25) is 0 Å². The lowest BCUT2D eigenvalue weighted by Crippen LogP contribution is -2.02. The highest BCUT2D eigenvalue weighted by Gasteiger charge is 2.14. The molecule has 0 aliphatic rings. The molecular formula is C17H11F2NO2. The summed E-state index contributed by atoms with van der Waals surface area (Å²) in [6.07, 6.45) is 1.09. The van der Waals surface area contributed by atoms with Crippen LogP contribution in [0.25, 0.3) is 6.08 Å². The third kappa shape index (κ3) is 3.36. The standard InChI is InChI=1S/C17H11F2NO2/c1-22-15-4-2-3-12(8-15)17(21)13(10-20)7-11-5-6-14(18)9-16(11)19/h2-9H,1H3. The molecule has 2 aromatic carbocycles. The second-order valence-electron chi connectivity index (χ2n) is 4.40. The van der Waals surface area contributed by atoms with Gasteiger partial charge in [0.1, 0.15) is 29.0 Å². The minimum absolute atomic E-state index is 0.0332. The first-order chi connectivity index (χ1) is 10.5. The van der Waals surface area contributed by atoms with Crippen molar-refractivity contribution in [1.82, 2.24) is 0 Å². The predicted octanol–water partition coefficient (Wildman–Crippen LogP) is 3.76. The van der Waals surface area contributed by atoms with Crippen LogP contribution < -0.4 is 4.74 Å². The lowest BCUT2D eigenvalue weighted by Gasteiger charge is -2.03. The quantitative estimate of drug-likeness (QED) is 0.490. The van der Waals surface area contributed by atoms with Crippen molar-refractivity contribution < 1.29 is 18.3 Å². The van der Waals surface area contributed by atoms with E-state index in [2.05, 4.69) is 0 Å². The molecule has 0 unspecified atom stereocenters. The van der Waals surface area contributed by atoms with Crippen LogP contribution in [0.1, 0.15) is 15.9 Å². The Bertz CT molecular complexity index is 791. The van der Waals surface area contributed by atoms with Gasteiger partial charge in [0, 0.05) is 17.2 Å². The van der Waals surface area contributed by atoms with E-state index in [0.29, 0.717) is 11.8 Å². The zero-order valence-electron chi connectivity index (χ0n) is 11.6. The normalized spacial score (nSPS) is 10.9. The van der Waals surface area contributed by atoms with Crippen LogP contribution >= 0.6 is 0 Å². The van der Waals surface area contributed by atoms with E-state index < -0.39 is 17.4 Å². The van der Waals surface area contributed by atoms with Crippen LogP contribution in [-0.4, -0.2) is 12.9 Å². The fraction of sp³-hybridized carbons (Fsp3) is 0.0588. The Balaban J connectivity index is 2.40. The second-order valence-corrected chi connectivity index (χ2v) is 4.40. The lowest BCUT2D eigenvalue weighted by atomic mass is 10.0. The zero-order chi connectivity index (χ0) is 16.1. The Morgan fingerprint density at radius 2 is 2.00 bits per heavy atom. The number of rotatable bonds is 4. The van der Waals surface area contributed by atoms with E-state index in [1.807, 2.05) is 0 Å². The summed E-state index contributed by atoms with van der Waals surface area (Å²) in [6.45, 7) is 0. The minimum Gasteiger partial charge on any atom is -0.497 e. The van der Waals surface area contributed by atoms with Crippen LogP contribution in [0.3, 0.4) is 0 Å². The molecule has 0 amide bonds.